The molecule has 0 aliphatic heterocycles. The first kappa shape index (κ1) is 22.4. The van der Waals surface area contributed by atoms with Gasteiger partial charge in [-0.25, -0.2) is 4.79 Å². The van der Waals surface area contributed by atoms with Gasteiger partial charge in [0.25, 0.3) is 11.8 Å². The second-order valence-corrected chi connectivity index (χ2v) is 8.34. The summed E-state index contributed by atoms with van der Waals surface area (Å²) in [5, 5.41) is 6.26. The van der Waals surface area contributed by atoms with Gasteiger partial charge in [0.2, 0.25) is 0 Å². The second kappa shape index (κ2) is 10.6. The van der Waals surface area contributed by atoms with Crippen molar-refractivity contribution in [2.75, 3.05) is 38.1 Å². The number of carbonyl (C=O) groups excluding carboxylic acids is 3. The van der Waals surface area contributed by atoms with Gasteiger partial charge < -0.3 is 20.3 Å². The normalized spacial score (nSPS) is 16.8. The second-order valence-electron chi connectivity index (χ2n) is 7.24. The van der Waals surface area contributed by atoms with E-state index in [0.29, 0.717) is 36.2 Å². The molecule has 0 saturated heterocycles. The van der Waals surface area contributed by atoms with Crippen molar-refractivity contribution in [1.29, 1.82) is 0 Å². The zero-order chi connectivity index (χ0) is 20.7. The summed E-state index contributed by atoms with van der Waals surface area (Å²) in [5.74, 6) is -0.0630. The van der Waals surface area contributed by atoms with Crippen molar-refractivity contribution >= 4 is 34.1 Å². The molecule has 0 aromatic carbocycles. The van der Waals surface area contributed by atoms with Gasteiger partial charge in [-0.2, -0.15) is 0 Å². The molecular weight excluding hydrogens is 378 g/mol. The number of fused-ring (bicyclic) bond motifs is 1. The van der Waals surface area contributed by atoms with E-state index in [9.17, 15) is 14.4 Å². The van der Waals surface area contributed by atoms with Crippen LogP contribution in [0, 0.1) is 5.92 Å². The Hall–Kier alpha value is -1.93. The molecule has 1 aliphatic carbocycles. The smallest absolute Gasteiger partial charge is 0.341 e. The minimum atomic E-state index is -0.369. The molecule has 8 heteroatoms. The molecule has 1 aliphatic rings. The monoisotopic (exact) mass is 410 g/mol. The molecule has 3 N–H and O–H groups in total. The molecule has 0 spiro atoms. The number of hydrogen-bond donors (Lipinski definition) is 3. The molecule has 1 heterocycles. The van der Waals surface area contributed by atoms with Crippen molar-refractivity contribution in [2.45, 2.75) is 47.0 Å². The Morgan fingerprint density at radius 2 is 1.89 bits per heavy atom. The fourth-order valence-corrected chi connectivity index (χ4v) is 4.87. The average Bonchev–Trinajstić information content (AvgIpc) is 2.98. The summed E-state index contributed by atoms with van der Waals surface area (Å²) < 4.78 is 5.24. The maximum Gasteiger partial charge on any atom is 0.341 e. The molecule has 0 saturated carbocycles. The Balaban J connectivity index is 2.14. The fourth-order valence-electron chi connectivity index (χ4n) is 3.46. The van der Waals surface area contributed by atoms with E-state index < -0.39 is 0 Å². The van der Waals surface area contributed by atoms with Crippen LogP contribution in [0.5, 0.6) is 0 Å². The van der Waals surface area contributed by atoms with Gasteiger partial charge in [0.15, 0.2) is 13.1 Å². The standard InChI is InChI=1S/C20H31N3O4S/c1-5-21-16(24)11-23(6-2)12-17(25)22-19-18(20(26)27-7-3)14-9-8-13(4)10-15(14)28-19/h13H,5-12H2,1-4H3,(H,21,24)(H,22,25)/p+1/t13-/m1/s1. The lowest BCUT2D eigenvalue weighted by molar-refractivity contribution is -0.881. The highest BCUT2D eigenvalue weighted by atomic mass is 32.1. The number of likely N-dealkylation sites (N-methyl/N-ethyl adjacent to an activating group) is 2. The van der Waals surface area contributed by atoms with Gasteiger partial charge in [0, 0.05) is 11.4 Å². The van der Waals surface area contributed by atoms with Crippen LogP contribution in [0.3, 0.4) is 0 Å². The molecule has 1 unspecified atom stereocenters. The summed E-state index contributed by atoms with van der Waals surface area (Å²) in [6.45, 7) is 9.75. The molecule has 0 fully saturated rings. The maximum absolute atomic E-state index is 12.6. The number of esters is 1. The van der Waals surface area contributed by atoms with E-state index >= 15 is 0 Å². The van der Waals surface area contributed by atoms with Gasteiger partial charge >= 0.3 is 5.97 Å². The highest BCUT2D eigenvalue weighted by molar-refractivity contribution is 7.17. The zero-order valence-electron chi connectivity index (χ0n) is 17.3. The molecule has 0 radical (unpaired) electrons. The molecule has 1 aromatic heterocycles. The minimum absolute atomic E-state index is 0.0695. The lowest BCUT2D eigenvalue weighted by Gasteiger charge is -2.18. The molecule has 0 bridgehead atoms. The first-order chi connectivity index (χ1) is 13.4. The van der Waals surface area contributed by atoms with E-state index in [1.165, 1.54) is 16.2 Å². The van der Waals surface area contributed by atoms with Crippen LogP contribution in [0.25, 0.3) is 0 Å². The first-order valence-electron chi connectivity index (χ1n) is 10.1. The number of thiophene rings is 1. The number of anilines is 1. The maximum atomic E-state index is 12.6. The molecule has 2 rings (SSSR count). The Morgan fingerprint density at radius 3 is 2.54 bits per heavy atom. The lowest BCUT2D eigenvalue weighted by Crippen LogP contribution is -3.14. The van der Waals surface area contributed by atoms with Gasteiger partial charge in [-0.1, -0.05) is 6.92 Å². The zero-order valence-corrected chi connectivity index (χ0v) is 18.1. The number of amides is 2. The third-order valence-corrected chi connectivity index (χ3v) is 6.11. The van der Waals surface area contributed by atoms with Crippen molar-refractivity contribution in [1.82, 2.24) is 5.32 Å². The highest BCUT2D eigenvalue weighted by Gasteiger charge is 2.29. The van der Waals surface area contributed by atoms with Gasteiger partial charge in [-0.3, -0.25) is 9.59 Å². The quantitative estimate of drug-likeness (QED) is 0.531. The number of ether oxygens (including phenoxy) is 1. The van der Waals surface area contributed by atoms with Crippen LogP contribution >= 0.6 is 11.3 Å². The Morgan fingerprint density at radius 1 is 1.18 bits per heavy atom. The molecule has 28 heavy (non-hydrogen) atoms. The molecule has 1 aromatic rings. The predicted octanol–water partition coefficient (Wildman–Crippen LogP) is 1.03. The van der Waals surface area contributed by atoms with Crippen molar-refractivity contribution in [2.24, 2.45) is 5.92 Å². The number of hydrogen-bond acceptors (Lipinski definition) is 5. The molecular formula is C20H32N3O4S+. The molecule has 7 nitrogen and oxygen atoms in total. The largest absolute Gasteiger partial charge is 0.462 e. The summed E-state index contributed by atoms with van der Waals surface area (Å²) in [7, 11) is 0. The van der Waals surface area contributed by atoms with Crippen LogP contribution in [0.1, 0.15) is 54.9 Å². The Kier molecular flexibility index (Phi) is 8.44. The van der Waals surface area contributed by atoms with Gasteiger partial charge in [0.1, 0.15) is 5.00 Å². The SMILES string of the molecule is CCNC(=O)C[NH+](CC)CC(=O)Nc1sc2c(c1C(=O)OCC)CC[C@@H](C)C2. The topological polar surface area (TPSA) is 88.9 Å². The van der Waals surface area contributed by atoms with E-state index in [2.05, 4.69) is 17.6 Å². The molecule has 2 amide bonds. The minimum Gasteiger partial charge on any atom is -0.462 e. The third kappa shape index (κ3) is 5.78. The van der Waals surface area contributed by atoms with Crippen LogP contribution < -0.4 is 15.5 Å². The number of rotatable bonds is 9. The summed E-state index contributed by atoms with van der Waals surface area (Å²) in [4.78, 5) is 39.0. The molecule has 156 valence electrons. The van der Waals surface area contributed by atoms with Gasteiger partial charge in [-0.05, 0) is 51.5 Å². The van der Waals surface area contributed by atoms with E-state index in [1.54, 1.807) is 6.92 Å². The average molecular weight is 411 g/mol. The molecule has 2 atom stereocenters. The van der Waals surface area contributed by atoms with E-state index in [4.69, 9.17) is 4.74 Å². The van der Waals surface area contributed by atoms with Crippen molar-refractivity contribution in [3.8, 4) is 0 Å². The van der Waals surface area contributed by atoms with Crippen LogP contribution in [0.2, 0.25) is 0 Å². The third-order valence-electron chi connectivity index (χ3n) is 4.94. The van der Waals surface area contributed by atoms with E-state index in [-0.39, 0.29) is 30.9 Å². The van der Waals surface area contributed by atoms with Crippen LogP contribution in [0.15, 0.2) is 0 Å². The fraction of sp³-hybridized carbons (Fsp3) is 0.650. The number of quaternary nitrogens is 1. The highest BCUT2D eigenvalue weighted by Crippen LogP contribution is 2.40. The number of nitrogens with one attached hydrogen (secondary N) is 3. The number of carbonyl (C=O) groups is 3. The van der Waals surface area contributed by atoms with Crippen molar-refractivity contribution in [3.63, 3.8) is 0 Å². The first-order valence-corrected chi connectivity index (χ1v) is 10.9. The summed E-state index contributed by atoms with van der Waals surface area (Å²) >= 11 is 1.48. The van der Waals surface area contributed by atoms with Gasteiger partial charge in [-0.15, -0.1) is 11.3 Å². The Labute approximate surface area is 170 Å². The lowest BCUT2D eigenvalue weighted by atomic mass is 9.88. The van der Waals surface area contributed by atoms with E-state index in [0.717, 1.165) is 29.7 Å². The van der Waals surface area contributed by atoms with E-state index in [1.807, 2.05) is 13.8 Å². The van der Waals surface area contributed by atoms with Crippen molar-refractivity contribution < 1.29 is 24.0 Å². The van der Waals surface area contributed by atoms with Crippen molar-refractivity contribution in [3.05, 3.63) is 16.0 Å². The van der Waals surface area contributed by atoms with Crippen LogP contribution in [0.4, 0.5) is 5.00 Å². The summed E-state index contributed by atoms with van der Waals surface area (Å²) in [6, 6.07) is 0. The Bertz CT molecular complexity index is 717. The van der Waals surface area contributed by atoms with Crippen LogP contribution in [-0.4, -0.2) is 50.6 Å². The predicted molar refractivity (Wildman–Crippen MR) is 110 cm³/mol. The van der Waals surface area contributed by atoms with Gasteiger partial charge in [0.05, 0.1) is 18.7 Å². The summed E-state index contributed by atoms with van der Waals surface area (Å²) in [6.07, 6.45) is 2.79. The van der Waals surface area contributed by atoms with Crippen LogP contribution in [-0.2, 0) is 27.2 Å². The summed E-state index contributed by atoms with van der Waals surface area (Å²) in [5.41, 5.74) is 1.54.